The smallest absolute Gasteiger partial charge is 0.135 e. The van der Waals surface area contributed by atoms with Gasteiger partial charge in [0, 0.05) is 12.1 Å². The van der Waals surface area contributed by atoms with E-state index in [1.807, 2.05) is 6.92 Å². The highest BCUT2D eigenvalue weighted by atomic mass is 19.1. The van der Waals surface area contributed by atoms with Crippen LogP contribution in [0.5, 0.6) is 5.75 Å². The summed E-state index contributed by atoms with van der Waals surface area (Å²) in [5.41, 5.74) is 0.0463. The minimum Gasteiger partial charge on any atom is -0.496 e. The molecule has 1 atom stereocenters. The first-order chi connectivity index (χ1) is 8.10. The van der Waals surface area contributed by atoms with E-state index in [2.05, 4.69) is 0 Å². The molecule has 0 bridgehead atoms. The lowest BCUT2D eigenvalue weighted by molar-refractivity contribution is 0.154. The summed E-state index contributed by atoms with van der Waals surface area (Å²) in [7, 11) is 1.33. The molecule has 0 saturated heterocycles. The first-order valence-electron chi connectivity index (χ1n) is 5.81. The summed E-state index contributed by atoms with van der Waals surface area (Å²) >= 11 is 0. The fourth-order valence-corrected chi connectivity index (χ4v) is 1.79. The molecule has 17 heavy (non-hydrogen) atoms. The van der Waals surface area contributed by atoms with Crippen molar-refractivity contribution in [2.24, 2.45) is 0 Å². The van der Waals surface area contributed by atoms with E-state index in [9.17, 15) is 13.9 Å². The molecule has 0 aromatic heterocycles. The standard InChI is InChI=1S/C13H18F2O2/c1-3-4-5-6-11(16)13-10(15)7-9(14)8-12(13)17-2/h7-8,11,16H,3-6H2,1-2H3. The van der Waals surface area contributed by atoms with Crippen molar-refractivity contribution in [3.8, 4) is 5.75 Å². The van der Waals surface area contributed by atoms with Crippen LogP contribution in [-0.2, 0) is 0 Å². The van der Waals surface area contributed by atoms with Crippen molar-refractivity contribution in [2.75, 3.05) is 7.11 Å². The molecule has 0 amide bonds. The van der Waals surface area contributed by atoms with E-state index in [-0.39, 0.29) is 11.3 Å². The molecular weight excluding hydrogens is 226 g/mol. The fraction of sp³-hybridized carbons (Fsp3) is 0.538. The Morgan fingerprint density at radius 1 is 1.29 bits per heavy atom. The van der Waals surface area contributed by atoms with Gasteiger partial charge in [-0.1, -0.05) is 26.2 Å². The number of halogens is 2. The van der Waals surface area contributed by atoms with Gasteiger partial charge in [-0.05, 0) is 6.42 Å². The van der Waals surface area contributed by atoms with Crippen LogP contribution in [0.2, 0.25) is 0 Å². The fourth-order valence-electron chi connectivity index (χ4n) is 1.79. The number of aliphatic hydroxyl groups is 1. The number of benzene rings is 1. The van der Waals surface area contributed by atoms with E-state index in [4.69, 9.17) is 4.74 Å². The maximum Gasteiger partial charge on any atom is 0.135 e. The van der Waals surface area contributed by atoms with Crippen LogP contribution in [0, 0.1) is 11.6 Å². The maximum absolute atomic E-state index is 13.6. The third-order valence-corrected chi connectivity index (χ3v) is 2.69. The SMILES string of the molecule is CCCCCC(O)c1c(F)cc(F)cc1OC. The molecule has 0 saturated carbocycles. The minimum atomic E-state index is -0.947. The molecule has 0 radical (unpaired) electrons. The molecule has 1 rings (SSSR count). The Balaban J connectivity index is 2.87. The Morgan fingerprint density at radius 3 is 2.59 bits per heavy atom. The third kappa shape index (κ3) is 3.66. The van der Waals surface area contributed by atoms with Crippen molar-refractivity contribution < 1.29 is 18.6 Å². The molecule has 1 aromatic carbocycles. The number of methoxy groups -OCH3 is 1. The summed E-state index contributed by atoms with van der Waals surface area (Å²) in [5.74, 6) is -1.40. The van der Waals surface area contributed by atoms with Crippen LogP contribution in [0.15, 0.2) is 12.1 Å². The van der Waals surface area contributed by atoms with Crippen molar-refractivity contribution >= 4 is 0 Å². The van der Waals surface area contributed by atoms with Gasteiger partial charge in [-0.25, -0.2) is 8.78 Å². The van der Waals surface area contributed by atoms with Crippen LogP contribution < -0.4 is 4.74 Å². The van der Waals surface area contributed by atoms with Crippen molar-refractivity contribution in [3.63, 3.8) is 0 Å². The molecular formula is C13H18F2O2. The molecule has 0 fully saturated rings. The molecule has 1 N–H and O–H groups in total. The Hall–Kier alpha value is -1.16. The number of aliphatic hydroxyl groups excluding tert-OH is 1. The van der Waals surface area contributed by atoms with Gasteiger partial charge in [-0.2, -0.15) is 0 Å². The van der Waals surface area contributed by atoms with Gasteiger partial charge in [0.2, 0.25) is 0 Å². The number of hydrogen-bond donors (Lipinski definition) is 1. The molecule has 2 nitrogen and oxygen atoms in total. The first kappa shape index (κ1) is 13.9. The summed E-state index contributed by atoms with van der Waals surface area (Å²) in [6, 6.07) is 1.85. The quantitative estimate of drug-likeness (QED) is 0.775. The van der Waals surface area contributed by atoms with Gasteiger partial charge in [0.05, 0.1) is 18.8 Å². The van der Waals surface area contributed by atoms with Crippen LogP contribution in [0.25, 0.3) is 0 Å². The summed E-state index contributed by atoms with van der Waals surface area (Å²) in [6.45, 7) is 2.05. The second-order valence-corrected chi connectivity index (χ2v) is 4.02. The largest absolute Gasteiger partial charge is 0.496 e. The predicted octanol–water partition coefficient (Wildman–Crippen LogP) is 3.59. The van der Waals surface area contributed by atoms with Crippen LogP contribution in [-0.4, -0.2) is 12.2 Å². The molecule has 0 aliphatic heterocycles. The van der Waals surface area contributed by atoms with Crippen LogP contribution in [0.4, 0.5) is 8.78 Å². The Kier molecular flexibility index (Phi) is 5.35. The molecule has 0 heterocycles. The Bertz CT molecular complexity index is 367. The first-order valence-corrected chi connectivity index (χ1v) is 5.81. The zero-order valence-corrected chi connectivity index (χ0v) is 10.2. The lowest BCUT2D eigenvalue weighted by Crippen LogP contribution is -2.05. The highest BCUT2D eigenvalue weighted by Gasteiger charge is 2.19. The highest BCUT2D eigenvalue weighted by molar-refractivity contribution is 5.37. The van der Waals surface area contributed by atoms with E-state index in [0.29, 0.717) is 6.42 Å². The average molecular weight is 244 g/mol. The van der Waals surface area contributed by atoms with Crippen LogP contribution >= 0.6 is 0 Å². The van der Waals surface area contributed by atoms with Gasteiger partial charge >= 0.3 is 0 Å². The summed E-state index contributed by atoms with van der Waals surface area (Å²) < 4.78 is 31.4. The molecule has 0 aliphatic carbocycles. The summed E-state index contributed by atoms with van der Waals surface area (Å²) in [6.07, 6.45) is 2.31. The summed E-state index contributed by atoms with van der Waals surface area (Å²) in [4.78, 5) is 0. The van der Waals surface area contributed by atoms with E-state index >= 15 is 0 Å². The number of rotatable bonds is 6. The molecule has 1 aromatic rings. The Labute approximate surface area is 100 Å². The second kappa shape index (κ2) is 6.55. The van der Waals surface area contributed by atoms with Gasteiger partial charge < -0.3 is 9.84 Å². The van der Waals surface area contributed by atoms with E-state index < -0.39 is 17.7 Å². The van der Waals surface area contributed by atoms with Crippen molar-refractivity contribution in [3.05, 3.63) is 29.3 Å². The molecule has 0 spiro atoms. The van der Waals surface area contributed by atoms with Gasteiger partial charge in [-0.15, -0.1) is 0 Å². The lowest BCUT2D eigenvalue weighted by atomic mass is 10.0. The minimum absolute atomic E-state index is 0.0463. The lowest BCUT2D eigenvalue weighted by Gasteiger charge is -2.15. The number of hydrogen-bond acceptors (Lipinski definition) is 2. The Morgan fingerprint density at radius 2 is 2.00 bits per heavy atom. The molecule has 1 unspecified atom stereocenters. The maximum atomic E-state index is 13.6. The number of unbranched alkanes of at least 4 members (excludes halogenated alkanes) is 2. The van der Waals surface area contributed by atoms with Crippen molar-refractivity contribution in [1.82, 2.24) is 0 Å². The molecule has 0 aliphatic rings. The topological polar surface area (TPSA) is 29.5 Å². The third-order valence-electron chi connectivity index (χ3n) is 2.69. The molecule has 96 valence electrons. The van der Waals surface area contributed by atoms with E-state index in [0.717, 1.165) is 31.4 Å². The highest BCUT2D eigenvalue weighted by Crippen LogP contribution is 2.31. The van der Waals surface area contributed by atoms with E-state index in [1.54, 1.807) is 0 Å². The van der Waals surface area contributed by atoms with Gasteiger partial charge in [0.1, 0.15) is 17.4 Å². The second-order valence-electron chi connectivity index (χ2n) is 4.02. The van der Waals surface area contributed by atoms with Gasteiger partial charge in [-0.3, -0.25) is 0 Å². The predicted molar refractivity (Wildman–Crippen MR) is 62.0 cm³/mol. The monoisotopic (exact) mass is 244 g/mol. The zero-order chi connectivity index (χ0) is 12.8. The van der Waals surface area contributed by atoms with Crippen LogP contribution in [0.1, 0.15) is 44.3 Å². The van der Waals surface area contributed by atoms with Crippen molar-refractivity contribution in [2.45, 2.75) is 38.7 Å². The van der Waals surface area contributed by atoms with Gasteiger partial charge in [0.25, 0.3) is 0 Å². The van der Waals surface area contributed by atoms with Crippen molar-refractivity contribution in [1.29, 1.82) is 0 Å². The summed E-state index contributed by atoms with van der Waals surface area (Å²) in [5, 5.41) is 9.89. The zero-order valence-electron chi connectivity index (χ0n) is 10.2. The molecule has 4 heteroatoms. The normalized spacial score (nSPS) is 12.5. The van der Waals surface area contributed by atoms with Crippen LogP contribution in [0.3, 0.4) is 0 Å². The van der Waals surface area contributed by atoms with E-state index in [1.165, 1.54) is 7.11 Å². The van der Waals surface area contributed by atoms with Gasteiger partial charge in [0.15, 0.2) is 0 Å². The average Bonchev–Trinajstić information content (AvgIpc) is 2.27. The number of ether oxygens (including phenoxy) is 1.